The van der Waals surface area contributed by atoms with Gasteiger partial charge in [-0.3, -0.25) is 14.4 Å². The average Bonchev–Trinajstić information content (AvgIpc) is 2.86. The van der Waals surface area contributed by atoms with Crippen molar-refractivity contribution in [1.29, 1.82) is 0 Å². The van der Waals surface area contributed by atoms with Crippen molar-refractivity contribution in [2.75, 3.05) is 18.0 Å². The molecule has 22 heavy (non-hydrogen) atoms. The zero-order valence-electron chi connectivity index (χ0n) is 11.9. The largest absolute Gasteiger partial charge is 0.481 e. The lowest BCUT2D eigenvalue weighted by Gasteiger charge is -2.16. The fourth-order valence-electron chi connectivity index (χ4n) is 2.35. The second-order valence-corrected chi connectivity index (χ2v) is 5.61. The van der Waals surface area contributed by atoms with Crippen LogP contribution in [-0.4, -0.2) is 36.0 Å². The third-order valence-corrected chi connectivity index (χ3v) is 3.75. The highest BCUT2D eigenvalue weighted by atomic mass is 35.5. The molecule has 6 nitrogen and oxygen atoms in total. The zero-order chi connectivity index (χ0) is 16.1. The molecule has 1 aliphatic rings. The minimum atomic E-state index is -0.890. The molecule has 1 aromatic carbocycles. The fourth-order valence-corrected chi connectivity index (χ4v) is 2.48. The quantitative estimate of drug-likeness (QED) is 0.779. The molecule has 1 atom stereocenters. The van der Waals surface area contributed by atoms with Gasteiger partial charge in [0.1, 0.15) is 0 Å². The number of carbonyl (C=O) groups excluding carboxylic acids is 2. The first-order valence-electron chi connectivity index (χ1n) is 7.03. The molecule has 1 fully saturated rings. The summed E-state index contributed by atoms with van der Waals surface area (Å²) in [6, 6.07) is 6.88. The van der Waals surface area contributed by atoms with Gasteiger partial charge in [0.05, 0.1) is 5.92 Å². The monoisotopic (exact) mass is 324 g/mol. The SMILES string of the molecule is O=C(O)CCCNC(=O)[C@@H]1CC(=O)N(c2ccc(Cl)cc2)C1. The number of carbonyl (C=O) groups is 3. The van der Waals surface area contributed by atoms with Crippen LogP contribution in [0.2, 0.25) is 5.02 Å². The molecule has 0 saturated carbocycles. The Morgan fingerprint density at radius 1 is 1.32 bits per heavy atom. The average molecular weight is 325 g/mol. The topological polar surface area (TPSA) is 86.7 Å². The number of benzene rings is 1. The van der Waals surface area contributed by atoms with Crippen LogP contribution in [-0.2, 0) is 14.4 Å². The normalized spacial score (nSPS) is 17.6. The van der Waals surface area contributed by atoms with Crippen LogP contribution in [0.4, 0.5) is 5.69 Å². The van der Waals surface area contributed by atoms with Crippen LogP contribution in [0, 0.1) is 5.92 Å². The molecule has 2 rings (SSSR count). The maximum atomic E-state index is 12.0. The van der Waals surface area contributed by atoms with Gasteiger partial charge in [0.25, 0.3) is 0 Å². The number of amides is 2. The van der Waals surface area contributed by atoms with E-state index in [-0.39, 0.29) is 24.7 Å². The van der Waals surface area contributed by atoms with Crippen LogP contribution >= 0.6 is 11.6 Å². The second kappa shape index (κ2) is 7.26. The van der Waals surface area contributed by atoms with Gasteiger partial charge in [0.15, 0.2) is 0 Å². The molecular formula is C15H17ClN2O4. The molecule has 2 N–H and O–H groups in total. The van der Waals surface area contributed by atoms with E-state index >= 15 is 0 Å². The van der Waals surface area contributed by atoms with Crippen molar-refractivity contribution in [3.05, 3.63) is 29.3 Å². The number of rotatable bonds is 6. The maximum Gasteiger partial charge on any atom is 0.303 e. The number of nitrogens with one attached hydrogen (secondary N) is 1. The smallest absolute Gasteiger partial charge is 0.303 e. The van der Waals surface area contributed by atoms with E-state index in [0.29, 0.717) is 24.5 Å². The minimum absolute atomic E-state index is 0.0147. The predicted molar refractivity (Wildman–Crippen MR) is 81.8 cm³/mol. The molecule has 7 heteroatoms. The van der Waals surface area contributed by atoms with Crippen molar-refractivity contribution in [1.82, 2.24) is 5.32 Å². The molecule has 0 bridgehead atoms. The van der Waals surface area contributed by atoms with E-state index in [0.717, 1.165) is 5.69 Å². The maximum absolute atomic E-state index is 12.0. The van der Waals surface area contributed by atoms with E-state index in [2.05, 4.69) is 5.32 Å². The summed E-state index contributed by atoms with van der Waals surface area (Å²) in [4.78, 5) is 36.0. The molecule has 0 aliphatic carbocycles. The summed E-state index contributed by atoms with van der Waals surface area (Å²) < 4.78 is 0. The Morgan fingerprint density at radius 2 is 2.00 bits per heavy atom. The summed E-state index contributed by atoms with van der Waals surface area (Å²) in [5.74, 6) is -1.62. The number of carboxylic acid groups (broad SMARTS) is 1. The van der Waals surface area contributed by atoms with Gasteiger partial charge in [-0.15, -0.1) is 0 Å². The number of hydrogen-bond acceptors (Lipinski definition) is 3. The molecule has 1 aliphatic heterocycles. The second-order valence-electron chi connectivity index (χ2n) is 5.17. The first-order chi connectivity index (χ1) is 10.5. The predicted octanol–water partition coefficient (Wildman–Crippen LogP) is 1.67. The molecule has 1 heterocycles. The highest BCUT2D eigenvalue weighted by molar-refractivity contribution is 6.30. The Bertz CT molecular complexity index is 573. The number of carboxylic acids is 1. The summed E-state index contributed by atoms with van der Waals surface area (Å²) in [5, 5.41) is 11.8. The lowest BCUT2D eigenvalue weighted by atomic mass is 10.1. The van der Waals surface area contributed by atoms with Crippen molar-refractivity contribution in [2.45, 2.75) is 19.3 Å². The molecule has 0 aromatic heterocycles. The molecule has 0 unspecified atom stereocenters. The van der Waals surface area contributed by atoms with E-state index in [9.17, 15) is 14.4 Å². The first kappa shape index (κ1) is 16.3. The molecule has 1 saturated heterocycles. The fraction of sp³-hybridized carbons (Fsp3) is 0.400. The van der Waals surface area contributed by atoms with Gasteiger partial charge in [-0.25, -0.2) is 0 Å². The summed E-state index contributed by atoms with van der Waals surface area (Å²) in [7, 11) is 0. The standard InChI is InChI=1S/C15H17ClN2O4/c16-11-3-5-12(6-4-11)18-9-10(8-13(18)19)15(22)17-7-1-2-14(20)21/h3-6,10H,1-2,7-9H2,(H,17,22)(H,20,21)/t10-/m1/s1. The highest BCUT2D eigenvalue weighted by Crippen LogP contribution is 2.26. The molecule has 118 valence electrons. The Morgan fingerprint density at radius 3 is 2.64 bits per heavy atom. The van der Waals surface area contributed by atoms with E-state index < -0.39 is 11.9 Å². The number of hydrogen-bond donors (Lipinski definition) is 2. The third-order valence-electron chi connectivity index (χ3n) is 3.50. The molecule has 0 spiro atoms. The Balaban J connectivity index is 1.87. The van der Waals surface area contributed by atoms with Crippen LogP contribution in [0.3, 0.4) is 0 Å². The van der Waals surface area contributed by atoms with Crippen LogP contribution in [0.25, 0.3) is 0 Å². The Labute approximate surface area is 133 Å². The first-order valence-corrected chi connectivity index (χ1v) is 7.40. The number of nitrogens with zero attached hydrogens (tertiary/aromatic N) is 1. The van der Waals surface area contributed by atoms with Gasteiger partial charge >= 0.3 is 5.97 Å². The van der Waals surface area contributed by atoms with Gasteiger partial charge in [0.2, 0.25) is 11.8 Å². The van der Waals surface area contributed by atoms with Gasteiger partial charge in [-0.2, -0.15) is 0 Å². The number of anilines is 1. The van der Waals surface area contributed by atoms with Crippen LogP contribution < -0.4 is 10.2 Å². The van der Waals surface area contributed by atoms with Gasteiger partial charge in [-0.05, 0) is 30.7 Å². The van der Waals surface area contributed by atoms with Crippen molar-refractivity contribution in [3.63, 3.8) is 0 Å². The summed E-state index contributed by atoms with van der Waals surface area (Å²) in [6.07, 6.45) is 0.552. The van der Waals surface area contributed by atoms with E-state index in [1.807, 2.05) is 0 Å². The third kappa shape index (κ3) is 4.21. The molecule has 2 amide bonds. The van der Waals surface area contributed by atoms with Crippen LogP contribution in [0.5, 0.6) is 0 Å². The number of halogens is 1. The van der Waals surface area contributed by atoms with Crippen molar-refractivity contribution in [3.8, 4) is 0 Å². The summed E-state index contributed by atoms with van der Waals surface area (Å²) in [6.45, 7) is 0.627. The molecule has 1 aromatic rings. The van der Waals surface area contributed by atoms with Gasteiger partial charge in [0, 0.05) is 36.6 Å². The van der Waals surface area contributed by atoms with Gasteiger partial charge in [-0.1, -0.05) is 11.6 Å². The van der Waals surface area contributed by atoms with E-state index in [1.54, 1.807) is 29.2 Å². The van der Waals surface area contributed by atoms with Crippen molar-refractivity contribution >= 4 is 35.1 Å². The highest BCUT2D eigenvalue weighted by Gasteiger charge is 2.34. The van der Waals surface area contributed by atoms with Crippen molar-refractivity contribution in [2.24, 2.45) is 5.92 Å². The lowest BCUT2D eigenvalue weighted by molar-refractivity contribution is -0.137. The Kier molecular flexibility index (Phi) is 5.38. The van der Waals surface area contributed by atoms with E-state index in [4.69, 9.17) is 16.7 Å². The zero-order valence-corrected chi connectivity index (χ0v) is 12.7. The summed E-state index contributed by atoms with van der Waals surface area (Å²) in [5.41, 5.74) is 0.718. The van der Waals surface area contributed by atoms with E-state index in [1.165, 1.54) is 0 Å². The molecular weight excluding hydrogens is 308 g/mol. The molecule has 0 radical (unpaired) electrons. The Hall–Kier alpha value is -2.08. The lowest BCUT2D eigenvalue weighted by Crippen LogP contribution is -2.33. The summed E-state index contributed by atoms with van der Waals surface area (Å²) >= 11 is 5.82. The number of aliphatic carboxylic acids is 1. The van der Waals surface area contributed by atoms with Crippen LogP contribution in [0.1, 0.15) is 19.3 Å². The van der Waals surface area contributed by atoms with Crippen LogP contribution in [0.15, 0.2) is 24.3 Å². The minimum Gasteiger partial charge on any atom is -0.481 e. The van der Waals surface area contributed by atoms with Gasteiger partial charge < -0.3 is 15.3 Å². The van der Waals surface area contributed by atoms with Crippen molar-refractivity contribution < 1.29 is 19.5 Å².